The SMILES string of the molecule is CN1CCC(CC2OCC(CCC(=O)O)O2)CC1. The maximum atomic E-state index is 10.5. The molecule has 0 spiro atoms. The Bertz CT molecular complexity index is 276. The van der Waals surface area contributed by atoms with Crippen molar-refractivity contribution < 1.29 is 19.4 Å². The molecule has 1 N–H and O–H groups in total. The molecule has 0 aromatic heterocycles. The third kappa shape index (κ3) is 4.23. The molecule has 18 heavy (non-hydrogen) atoms. The number of hydrogen-bond acceptors (Lipinski definition) is 4. The van der Waals surface area contributed by atoms with Gasteiger partial charge in [0.2, 0.25) is 0 Å². The fraction of sp³-hybridized carbons (Fsp3) is 0.923. The van der Waals surface area contributed by atoms with Crippen LogP contribution in [0.25, 0.3) is 0 Å². The number of ether oxygens (including phenoxy) is 2. The van der Waals surface area contributed by atoms with Crippen LogP contribution in [0.1, 0.15) is 32.1 Å². The van der Waals surface area contributed by atoms with E-state index in [0.29, 0.717) is 18.9 Å². The van der Waals surface area contributed by atoms with Crippen LogP contribution in [0.2, 0.25) is 0 Å². The van der Waals surface area contributed by atoms with Crippen LogP contribution in [0.4, 0.5) is 0 Å². The number of rotatable bonds is 5. The fourth-order valence-electron chi connectivity index (χ4n) is 2.64. The third-order valence-corrected chi connectivity index (χ3v) is 3.86. The molecular weight excluding hydrogens is 234 g/mol. The topological polar surface area (TPSA) is 59.0 Å². The summed E-state index contributed by atoms with van der Waals surface area (Å²) in [5.41, 5.74) is 0. The highest BCUT2D eigenvalue weighted by Crippen LogP contribution is 2.26. The van der Waals surface area contributed by atoms with Crippen LogP contribution < -0.4 is 0 Å². The molecule has 2 unspecified atom stereocenters. The molecule has 2 saturated heterocycles. The molecule has 0 aliphatic carbocycles. The van der Waals surface area contributed by atoms with E-state index in [2.05, 4.69) is 11.9 Å². The Balaban J connectivity index is 1.64. The Kier molecular flexibility index (Phi) is 4.97. The van der Waals surface area contributed by atoms with E-state index in [9.17, 15) is 4.79 Å². The van der Waals surface area contributed by atoms with Gasteiger partial charge in [0.15, 0.2) is 6.29 Å². The van der Waals surface area contributed by atoms with Crippen LogP contribution in [0.3, 0.4) is 0 Å². The van der Waals surface area contributed by atoms with Crippen molar-refractivity contribution in [3.05, 3.63) is 0 Å². The van der Waals surface area contributed by atoms with E-state index in [1.807, 2.05) is 0 Å². The summed E-state index contributed by atoms with van der Waals surface area (Å²) < 4.78 is 11.3. The zero-order chi connectivity index (χ0) is 13.0. The van der Waals surface area contributed by atoms with Crippen molar-refractivity contribution in [1.29, 1.82) is 0 Å². The van der Waals surface area contributed by atoms with Gasteiger partial charge < -0.3 is 19.5 Å². The van der Waals surface area contributed by atoms with Crippen molar-refractivity contribution in [3.63, 3.8) is 0 Å². The average Bonchev–Trinajstić information content (AvgIpc) is 2.77. The number of carboxylic acids is 1. The first-order chi connectivity index (χ1) is 8.63. The molecule has 0 amide bonds. The molecule has 2 fully saturated rings. The summed E-state index contributed by atoms with van der Waals surface area (Å²) in [6.07, 6.45) is 3.94. The Morgan fingerprint density at radius 3 is 2.78 bits per heavy atom. The summed E-state index contributed by atoms with van der Waals surface area (Å²) in [7, 11) is 2.15. The van der Waals surface area contributed by atoms with E-state index < -0.39 is 5.97 Å². The highest BCUT2D eigenvalue weighted by atomic mass is 16.7. The van der Waals surface area contributed by atoms with Crippen molar-refractivity contribution in [2.75, 3.05) is 26.7 Å². The quantitative estimate of drug-likeness (QED) is 0.805. The first-order valence-corrected chi connectivity index (χ1v) is 6.81. The first-order valence-electron chi connectivity index (χ1n) is 6.81. The Morgan fingerprint density at radius 2 is 2.11 bits per heavy atom. The lowest BCUT2D eigenvalue weighted by Crippen LogP contribution is -2.32. The Hall–Kier alpha value is -0.650. The first kappa shape index (κ1) is 13.8. The van der Waals surface area contributed by atoms with Gasteiger partial charge in [0.05, 0.1) is 12.7 Å². The normalized spacial score (nSPS) is 30.7. The molecule has 2 atom stereocenters. The van der Waals surface area contributed by atoms with Gasteiger partial charge in [0.25, 0.3) is 0 Å². The molecule has 2 aliphatic heterocycles. The summed E-state index contributed by atoms with van der Waals surface area (Å²) in [6, 6.07) is 0. The summed E-state index contributed by atoms with van der Waals surface area (Å²) in [5, 5.41) is 8.62. The highest BCUT2D eigenvalue weighted by molar-refractivity contribution is 5.66. The average molecular weight is 257 g/mol. The van der Waals surface area contributed by atoms with E-state index in [1.165, 1.54) is 12.8 Å². The van der Waals surface area contributed by atoms with Crippen molar-refractivity contribution in [2.24, 2.45) is 5.92 Å². The van der Waals surface area contributed by atoms with Crippen LogP contribution in [-0.4, -0.2) is 55.1 Å². The van der Waals surface area contributed by atoms with Gasteiger partial charge in [-0.2, -0.15) is 0 Å². The number of aliphatic carboxylic acids is 1. The molecule has 2 aliphatic rings. The molecule has 0 saturated carbocycles. The van der Waals surface area contributed by atoms with Crippen LogP contribution in [0.5, 0.6) is 0 Å². The molecule has 2 rings (SSSR count). The highest BCUT2D eigenvalue weighted by Gasteiger charge is 2.29. The van der Waals surface area contributed by atoms with Crippen LogP contribution in [-0.2, 0) is 14.3 Å². The van der Waals surface area contributed by atoms with Crippen LogP contribution in [0.15, 0.2) is 0 Å². The number of nitrogens with zero attached hydrogens (tertiary/aromatic N) is 1. The number of likely N-dealkylation sites (tertiary alicyclic amines) is 1. The number of hydrogen-bond donors (Lipinski definition) is 1. The van der Waals surface area contributed by atoms with Gasteiger partial charge in [0.1, 0.15) is 0 Å². The van der Waals surface area contributed by atoms with Crippen molar-refractivity contribution in [3.8, 4) is 0 Å². The lowest BCUT2D eigenvalue weighted by molar-refractivity contribution is -0.138. The second-order valence-electron chi connectivity index (χ2n) is 5.44. The molecular formula is C13H23NO4. The lowest BCUT2D eigenvalue weighted by Gasteiger charge is -2.29. The monoisotopic (exact) mass is 257 g/mol. The zero-order valence-corrected chi connectivity index (χ0v) is 11.0. The maximum absolute atomic E-state index is 10.5. The number of carbonyl (C=O) groups is 1. The Labute approximate surface area is 108 Å². The number of carboxylic acid groups (broad SMARTS) is 1. The molecule has 104 valence electrons. The molecule has 0 aromatic rings. The molecule has 2 heterocycles. The second kappa shape index (κ2) is 6.50. The molecule has 0 radical (unpaired) electrons. The lowest BCUT2D eigenvalue weighted by atomic mass is 9.94. The summed E-state index contributed by atoms with van der Waals surface area (Å²) in [6.45, 7) is 2.85. The number of piperidine rings is 1. The van der Waals surface area contributed by atoms with Crippen molar-refractivity contribution in [2.45, 2.75) is 44.5 Å². The van der Waals surface area contributed by atoms with Crippen LogP contribution in [0, 0.1) is 5.92 Å². The summed E-state index contributed by atoms with van der Waals surface area (Å²) >= 11 is 0. The van der Waals surface area contributed by atoms with Gasteiger partial charge in [-0.05, 0) is 45.3 Å². The van der Waals surface area contributed by atoms with E-state index in [1.54, 1.807) is 0 Å². The molecule has 0 aromatic carbocycles. The van der Waals surface area contributed by atoms with E-state index in [0.717, 1.165) is 19.5 Å². The van der Waals surface area contributed by atoms with E-state index in [4.69, 9.17) is 14.6 Å². The smallest absolute Gasteiger partial charge is 0.303 e. The second-order valence-corrected chi connectivity index (χ2v) is 5.44. The van der Waals surface area contributed by atoms with Crippen molar-refractivity contribution >= 4 is 5.97 Å². The predicted molar refractivity (Wildman–Crippen MR) is 66.3 cm³/mol. The van der Waals surface area contributed by atoms with Gasteiger partial charge in [-0.1, -0.05) is 0 Å². The minimum atomic E-state index is -0.766. The predicted octanol–water partition coefficient (Wildman–Crippen LogP) is 1.32. The zero-order valence-electron chi connectivity index (χ0n) is 11.0. The van der Waals surface area contributed by atoms with Gasteiger partial charge in [-0.25, -0.2) is 0 Å². The van der Waals surface area contributed by atoms with Crippen LogP contribution >= 0.6 is 0 Å². The van der Waals surface area contributed by atoms with Crippen molar-refractivity contribution in [1.82, 2.24) is 4.90 Å². The minimum absolute atomic E-state index is 0.0302. The summed E-state index contributed by atoms with van der Waals surface area (Å²) in [5.74, 6) is -0.0817. The Morgan fingerprint density at radius 1 is 1.39 bits per heavy atom. The largest absolute Gasteiger partial charge is 0.481 e. The minimum Gasteiger partial charge on any atom is -0.481 e. The standard InChI is InChI=1S/C13H23NO4/c1-14-6-4-10(5-7-14)8-13-17-9-11(18-13)2-3-12(15)16/h10-11,13H,2-9H2,1H3,(H,15,16). The fourth-order valence-corrected chi connectivity index (χ4v) is 2.64. The van der Waals surface area contributed by atoms with Gasteiger partial charge in [0, 0.05) is 12.8 Å². The summed E-state index contributed by atoms with van der Waals surface area (Å²) in [4.78, 5) is 12.8. The van der Waals surface area contributed by atoms with Gasteiger partial charge in [-0.15, -0.1) is 0 Å². The molecule has 0 bridgehead atoms. The van der Waals surface area contributed by atoms with E-state index in [-0.39, 0.29) is 18.8 Å². The van der Waals surface area contributed by atoms with Gasteiger partial charge >= 0.3 is 5.97 Å². The maximum Gasteiger partial charge on any atom is 0.303 e. The molecule has 5 heteroatoms. The van der Waals surface area contributed by atoms with E-state index >= 15 is 0 Å². The third-order valence-electron chi connectivity index (χ3n) is 3.86. The van der Waals surface area contributed by atoms with Gasteiger partial charge in [-0.3, -0.25) is 4.79 Å². The molecule has 5 nitrogen and oxygen atoms in total.